The molecule has 7 nitrogen and oxygen atoms in total. The lowest BCUT2D eigenvalue weighted by molar-refractivity contribution is -0.132. The van der Waals surface area contributed by atoms with Gasteiger partial charge in [0.05, 0.1) is 12.0 Å². The van der Waals surface area contributed by atoms with Gasteiger partial charge in [0.15, 0.2) is 0 Å². The summed E-state index contributed by atoms with van der Waals surface area (Å²) in [6.45, 7) is -0.528. The van der Waals surface area contributed by atoms with Crippen LogP contribution >= 0.6 is 0 Å². The van der Waals surface area contributed by atoms with Crippen LogP contribution in [-0.2, 0) is 6.42 Å². The summed E-state index contributed by atoms with van der Waals surface area (Å²) in [5.41, 5.74) is -0.457. The van der Waals surface area contributed by atoms with Crippen molar-refractivity contribution in [1.82, 2.24) is 15.3 Å². The second-order valence-corrected chi connectivity index (χ2v) is 5.44. The molecule has 1 amide bonds. The summed E-state index contributed by atoms with van der Waals surface area (Å²) < 4.78 is 41.8. The summed E-state index contributed by atoms with van der Waals surface area (Å²) in [7, 11) is 0. The zero-order chi connectivity index (χ0) is 18.2. The van der Waals surface area contributed by atoms with Gasteiger partial charge in [-0.1, -0.05) is 0 Å². The van der Waals surface area contributed by atoms with Crippen LogP contribution in [0.3, 0.4) is 0 Å². The highest BCUT2D eigenvalue weighted by molar-refractivity contribution is 5.94. The quantitative estimate of drug-likeness (QED) is 0.661. The highest BCUT2D eigenvalue weighted by atomic mass is 19.4. The highest BCUT2D eigenvalue weighted by Crippen LogP contribution is 2.33. The van der Waals surface area contributed by atoms with E-state index in [0.29, 0.717) is 11.3 Å². The molecule has 132 valence electrons. The number of H-pyrrole nitrogens is 2. The zero-order valence-electron chi connectivity index (χ0n) is 12.6. The fraction of sp³-hybridized carbons (Fsp3) is 0.267. The van der Waals surface area contributed by atoms with E-state index in [1.165, 1.54) is 18.2 Å². The Morgan fingerprint density at radius 3 is 2.72 bits per heavy atom. The van der Waals surface area contributed by atoms with Gasteiger partial charge in [-0.15, -0.1) is 0 Å². The van der Waals surface area contributed by atoms with Crippen molar-refractivity contribution in [1.29, 1.82) is 0 Å². The fourth-order valence-corrected chi connectivity index (χ4v) is 2.42. The van der Waals surface area contributed by atoms with Gasteiger partial charge in [0.1, 0.15) is 5.75 Å². The second kappa shape index (κ2) is 6.11. The Morgan fingerprint density at radius 1 is 1.24 bits per heavy atom. The predicted molar refractivity (Wildman–Crippen MR) is 80.0 cm³/mol. The van der Waals surface area contributed by atoms with Crippen molar-refractivity contribution < 1.29 is 22.7 Å². The molecule has 1 aromatic carbocycles. The van der Waals surface area contributed by atoms with Crippen LogP contribution in [0.1, 0.15) is 27.9 Å². The Balaban J connectivity index is 1.79. The number of benzene rings is 1. The van der Waals surface area contributed by atoms with E-state index in [0.717, 1.165) is 0 Å². The maximum Gasteiger partial charge on any atom is 0.390 e. The van der Waals surface area contributed by atoms with Gasteiger partial charge < -0.3 is 10.1 Å². The van der Waals surface area contributed by atoms with Crippen LogP contribution in [0.2, 0.25) is 0 Å². The van der Waals surface area contributed by atoms with Crippen LogP contribution < -0.4 is 21.3 Å². The smallest absolute Gasteiger partial charge is 0.390 e. The van der Waals surface area contributed by atoms with Crippen molar-refractivity contribution in [3.63, 3.8) is 0 Å². The Bertz CT molecular complexity index is 946. The first kappa shape index (κ1) is 16.8. The number of aromatic amines is 2. The average molecular weight is 355 g/mol. The van der Waals surface area contributed by atoms with Crippen molar-refractivity contribution >= 4 is 5.91 Å². The minimum absolute atomic E-state index is 0.0311. The molecular weight excluding hydrogens is 343 g/mol. The molecule has 2 heterocycles. The topological polar surface area (TPSA) is 104 Å². The van der Waals surface area contributed by atoms with Crippen molar-refractivity contribution in [2.24, 2.45) is 0 Å². The molecule has 0 radical (unpaired) electrons. The Labute approximate surface area is 137 Å². The van der Waals surface area contributed by atoms with Gasteiger partial charge in [0, 0.05) is 24.1 Å². The largest absolute Gasteiger partial charge is 0.440 e. The van der Waals surface area contributed by atoms with Crippen LogP contribution in [-0.4, -0.2) is 28.6 Å². The van der Waals surface area contributed by atoms with E-state index < -0.39 is 36.3 Å². The number of carbonyl (C=O) groups excluding carboxylic acids is 1. The van der Waals surface area contributed by atoms with Crippen molar-refractivity contribution in [2.45, 2.75) is 19.0 Å². The number of halogens is 3. The first-order valence-corrected chi connectivity index (χ1v) is 7.24. The molecule has 0 unspecified atom stereocenters. The van der Waals surface area contributed by atoms with Gasteiger partial charge in [-0.2, -0.15) is 13.2 Å². The van der Waals surface area contributed by atoms with Crippen LogP contribution in [0.5, 0.6) is 11.6 Å². The first-order chi connectivity index (χ1) is 11.7. The van der Waals surface area contributed by atoms with Crippen LogP contribution in [0.15, 0.2) is 27.8 Å². The van der Waals surface area contributed by atoms with Crippen LogP contribution in [0.25, 0.3) is 0 Å². The Hall–Kier alpha value is -3.04. The molecule has 1 aromatic heterocycles. The number of aromatic nitrogens is 2. The molecular formula is C15H12F3N3O4. The normalized spacial score (nSPS) is 12.8. The van der Waals surface area contributed by atoms with Gasteiger partial charge in [0.25, 0.3) is 11.5 Å². The van der Waals surface area contributed by atoms with E-state index in [1.807, 2.05) is 0 Å². The van der Waals surface area contributed by atoms with E-state index in [2.05, 4.69) is 15.3 Å². The first-order valence-electron chi connectivity index (χ1n) is 7.24. The highest BCUT2D eigenvalue weighted by Gasteiger charge is 2.27. The SMILES string of the molecule is O=C(NCCC(F)(F)F)c1ccc2c(c1)Cc1c([nH]c(=O)[nH]c1=O)O2. The van der Waals surface area contributed by atoms with Gasteiger partial charge in [-0.05, 0) is 18.2 Å². The number of nitrogens with one attached hydrogen (secondary N) is 3. The second-order valence-electron chi connectivity index (χ2n) is 5.44. The van der Waals surface area contributed by atoms with Crippen LogP contribution in [0.4, 0.5) is 13.2 Å². The molecule has 25 heavy (non-hydrogen) atoms. The molecule has 0 atom stereocenters. The summed E-state index contributed by atoms with van der Waals surface area (Å²) in [6, 6.07) is 4.28. The van der Waals surface area contributed by atoms with Crippen molar-refractivity contribution in [2.75, 3.05) is 6.54 Å². The molecule has 0 aliphatic carbocycles. The summed E-state index contributed by atoms with van der Waals surface area (Å²) in [5.74, 6) is -0.280. The van der Waals surface area contributed by atoms with Gasteiger partial charge in [0.2, 0.25) is 5.88 Å². The maximum absolute atomic E-state index is 12.1. The van der Waals surface area contributed by atoms with Gasteiger partial charge in [-0.25, -0.2) is 4.79 Å². The minimum atomic E-state index is -4.35. The van der Waals surface area contributed by atoms with E-state index in [4.69, 9.17) is 4.74 Å². The molecule has 0 fully saturated rings. The van der Waals surface area contributed by atoms with Crippen molar-refractivity contribution in [3.8, 4) is 11.6 Å². The lowest BCUT2D eigenvalue weighted by Gasteiger charge is -2.19. The molecule has 1 aliphatic rings. The summed E-state index contributed by atoms with van der Waals surface area (Å²) in [4.78, 5) is 39.5. The number of carbonyl (C=O) groups is 1. The van der Waals surface area contributed by atoms with E-state index in [1.54, 1.807) is 0 Å². The molecule has 0 bridgehead atoms. The number of rotatable bonds is 3. The molecule has 0 spiro atoms. The Kier molecular flexibility index (Phi) is 4.11. The third kappa shape index (κ3) is 3.73. The lowest BCUT2D eigenvalue weighted by Crippen LogP contribution is -2.29. The predicted octanol–water partition coefficient (Wildman–Crippen LogP) is 1.44. The number of fused-ring (bicyclic) bond motifs is 2. The summed E-state index contributed by atoms with van der Waals surface area (Å²) in [6.07, 6.45) is -5.36. The van der Waals surface area contributed by atoms with E-state index in [-0.39, 0.29) is 23.4 Å². The molecule has 1 aliphatic heterocycles. The fourth-order valence-electron chi connectivity index (χ4n) is 2.42. The number of ether oxygens (including phenoxy) is 1. The number of amides is 1. The third-order valence-corrected chi connectivity index (χ3v) is 3.60. The number of hydrogen-bond acceptors (Lipinski definition) is 4. The van der Waals surface area contributed by atoms with Crippen LogP contribution in [0, 0.1) is 0 Å². The standard InChI is InChI=1S/C15H12F3N3O4/c16-15(17,18)3-4-19-11(22)7-1-2-10-8(5-7)6-9-12(23)20-14(24)21-13(9)25-10/h1-2,5H,3-4,6H2,(H,19,22)(H2,20,21,23,24). The molecule has 0 saturated carbocycles. The lowest BCUT2D eigenvalue weighted by atomic mass is 10.0. The van der Waals surface area contributed by atoms with Crippen molar-refractivity contribution in [3.05, 3.63) is 55.7 Å². The third-order valence-electron chi connectivity index (χ3n) is 3.60. The molecule has 10 heteroatoms. The maximum atomic E-state index is 12.1. The number of alkyl halides is 3. The average Bonchev–Trinajstić information content (AvgIpc) is 2.51. The monoisotopic (exact) mass is 355 g/mol. The van der Waals surface area contributed by atoms with Gasteiger partial charge >= 0.3 is 11.9 Å². The zero-order valence-corrected chi connectivity index (χ0v) is 12.6. The van der Waals surface area contributed by atoms with E-state index in [9.17, 15) is 27.6 Å². The molecule has 3 rings (SSSR count). The summed E-state index contributed by atoms with van der Waals surface area (Å²) in [5, 5.41) is 2.19. The summed E-state index contributed by atoms with van der Waals surface area (Å²) >= 11 is 0. The minimum Gasteiger partial charge on any atom is -0.440 e. The van der Waals surface area contributed by atoms with E-state index >= 15 is 0 Å². The number of hydrogen-bond donors (Lipinski definition) is 3. The Morgan fingerprint density at radius 2 is 2.00 bits per heavy atom. The molecule has 2 aromatic rings. The van der Waals surface area contributed by atoms with Gasteiger partial charge in [-0.3, -0.25) is 19.6 Å². The molecule has 0 saturated heterocycles. The molecule has 3 N–H and O–H groups in total.